The lowest BCUT2D eigenvalue weighted by Gasteiger charge is -2.35. The lowest BCUT2D eigenvalue weighted by atomic mass is 9.96. The van der Waals surface area contributed by atoms with Gasteiger partial charge in [-0.05, 0) is 62.1 Å². The lowest BCUT2D eigenvalue weighted by Crippen LogP contribution is -2.40. The summed E-state index contributed by atoms with van der Waals surface area (Å²) in [6.07, 6.45) is -0.358. The average molecular weight is 557 g/mol. The number of carbonyl (C=O) groups excluding carboxylic acids is 2. The van der Waals surface area contributed by atoms with Crippen LogP contribution >= 0.6 is 0 Å². The van der Waals surface area contributed by atoms with Gasteiger partial charge in [-0.2, -0.15) is 18.4 Å². The van der Waals surface area contributed by atoms with E-state index < -0.39 is 18.0 Å². The van der Waals surface area contributed by atoms with E-state index in [0.29, 0.717) is 63.8 Å². The molecule has 1 aromatic heterocycles. The van der Waals surface area contributed by atoms with Crippen LogP contribution < -0.4 is 9.80 Å². The molecule has 1 aromatic carbocycles. The number of aromatic nitrogens is 2. The molecule has 4 rings (SSSR count). The molecular formula is C29H35F3N6O2. The lowest BCUT2D eigenvalue weighted by molar-refractivity contribution is -0.144. The van der Waals surface area contributed by atoms with Gasteiger partial charge in [0.05, 0.1) is 17.7 Å². The van der Waals surface area contributed by atoms with E-state index in [9.17, 15) is 22.8 Å². The van der Waals surface area contributed by atoms with Crippen molar-refractivity contribution in [1.29, 1.82) is 5.26 Å². The number of Topliss-reactive ketones (excluding diaryl/α,β-unsaturated/α-hetero) is 1. The second-order valence-electron chi connectivity index (χ2n) is 10.7. The summed E-state index contributed by atoms with van der Waals surface area (Å²) in [5.41, 5.74) is 1.61. The van der Waals surface area contributed by atoms with Gasteiger partial charge in [0.15, 0.2) is 5.78 Å². The summed E-state index contributed by atoms with van der Waals surface area (Å²) >= 11 is 0. The van der Waals surface area contributed by atoms with E-state index in [0.717, 1.165) is 18.4 Å². The number of aryl methyl sites for hydroxylation is 1. The van der Waals surface area contributed by atoms with Crippen molar-refractivity contribution in [1.82, 2.24) is 14.9 Å². The summed E-state index contributed by atoms with van der Waals surface area (Å²) < 4.78 is 41.5. The van der Waals surface area contributed by atoms with Crippen LogP contribution in [-0.4, -0.2) is 65.8 Å². The molecule has 1 atom stereocenters. The van der Waals surface area contributed by atoms with Crippen molar-refractivity contribution >= 4 is 23.3 Å². The molecule has 214 valence electrons. The summed E-state index contributed by atoms with van der Waals surface area (Å²) in [7, 11) is 1.75. The number of piperidine rings is 1. The summed E-state index contributed by atoms with van der Waals surface area (Å²) in [6, 6.07) is 10.4. The fourth-order valence-corrected chi connectivity index (χ4v) is 5.47. The van der Waals surface area contributed by atoms with Crippen LogP contribution in [0.3, 0.4) is 0 Å². The number of alkyl halides is 3. The van der Waals surface area contributed by atoms with Crippen LogP contribution in [0.2, 0.25) is 0 Å². The fourth-order valence-electron chi connectivity index (χ4n) is 5.47. The van der Waals surface area contributed by atoms with Crippen molar-refractivity contribution in [2.24, 2.45) is 5.92 Å². The van der Waals surface area contributed by atoms with Gasteiger partial charge in [0.2, 0.25) is 11.7 Å². The molecule has 0 bridgehead atoms. The monoisotopic (exact) mass is 556 g/mol. The maximum absolute atomic E-state index is 13.8. The van der Waals surface area contributed by atoms with E-state index in [1.54, 1.807) is 35.0 Å². The maximum Gasteiger partial charge on any atom is 0.451 e. The molecule has 0 spiro atoms. The highest BCUT2D eigenvalue weighted by Crippen LogP contribution is 2.34. The van der Waals surface area contributed by atoms with Crippen molar-refractivity contribution in [3.05, 3.63) is 47.3 Å². The minimum Gasteiger partial charge on any atom is -0.356 e. The Bertz CT molecular complexity index is 1240. The van der Waals surface area contributed by atoms with Crippen LogP contribution in [0.15, 0.2) is 30.3 Å². The molecule has 0 unspecified atom stereocenters. The number of anilines is 2. The second kappa shape index (κ2) is 12.7. The zero-order valence-corrected chi connectivity index (χ0v) is 23.0. The minimum absolute atomic E-state index is 0.00438. The van der Waals surface area contributed by atoms with E-state index in [1.807, 2.05) is 17.0 Å². The van der Waals surface area contributed by atoms with Crippen LogP contribution in [0.1, 0.15) is 62.4 Å². The Kier molecular flexibility index (Phi) is 9.28. The predicted octanol–water partition coefficient (Wildman–Crippen LogP) is 4.62. The molecule has 2 saturated heterocycles. The number of nitriles is 1. The largest absolute Gasteiger partial charge is 0.451 e. The molecule has 0 N–H and O–H groups in total. The number of carbonyl (C=O) groups is 2. The highest BCUT2D eigenvalue weighted by Gasteiger charge is 2.38. The number of halogens is 3. The number of benzene rings is 1. The van der Waals surface area contributed by atoms with Crippen LogP contribution in [0.25, 0.3) is 0 Å². The van der Waals surface area contributed by atoms with Gasteiger partial charge >= 0.3 is 6.18 Å². The first-order valence-electron chi connectivity index (χ1n) is 13.8. The number of rotatable bonds is 9. The molecule has 1 amide bonds. The van der Waals surface area contributed by atoms with Gasteiger partial charge in [0.1, 0.15) is 11.6 Å². The Morgan fingerprint density at radius 2 is 1.75 bits per heavy atom. The molecule has 11 heteroatoms. The molecule has 0 radical (unpaired) electrons. The van der Waals surface area contributed by atoms with E-state index in [1.165, 1.54) is 6.92 Å². The van der Waals surface area contributed by atoms with Gasteiger partial charge in [-0.1, -0.05) is 12.1 Å². The first-order valence-corrected chi connectivity index (χ1v) is 13.8. The Balaban J connectivity index is 1.44. The van der Waals surface area contributed by atoms with Crippen molar-refractivity contribution in [2.45, 2.75) is 64.1 Å². The molecule has 8 nitrogen and oxygen atoms in total. The molecule has 40 heavy (non-hydrogen) atoms. The van der Waals surface area contributed by atoms with Gasteiger partial charge in [0.25, 0.3) is 0 Å². The Morgan fingerprint density at radius 1 is 1.07 bits per heavy atom. The smallest absolute Gasteiger partial charge is 0.356 e. The second-order valence-corrected chi connectivity index (χ2v) is 10.7. The summed E-state index contributed by atoms with van der Waals surface area (Å²) in [5, 5.41) is 8.94. The fraction of sp³-hybridized carbons (Fsp3) is 0.552. The Morgan fingerprint density at radius 3 is 2.38 bits per heavy atom. The van der Waals surface area contributed by atoms with Crippen LogP contribution in [-0.2, 0) is 22.2 Å². The van der Waals surface area contributed by atoms with Gasteiger partial charge < -0.3 is 14.7 Å². The molecule has 0 saturated carbocycles. The zero-order valence-electron chi connectivity index (χ0n) is 23.0. The Labute approximate surface area is 232 Å². The average Bonchev–Trinajstić information content (AvgIpc) is 3.43. The van der Waals surface area contributed by atoms with Crippen molar-refractivity contribution < 1.29 is 22.8 Å². The normalized spacial score (nSPS) is 18.1. The number of hydrogen-bond donors (Lipinski definition) is 0. The summed E-state index contributed by atoms with van der Waals surface area (Å²) in [6.45, 7) is 3.65. The van der Waals surface area contributed by atoms with E-state index in [4.69, 9.17) is 5.26 Å². The quantitative estimate of drug-likeness (QED) is 0.445. The predicted molar refractivity (Wildman–Crippen MR) is 145 cm³/mol. The molecule has 2 aromatic rings. The summed E-state index contributed by atoms with van der Waals surface area (Å²) in [4.78, 5) is 37.7. The zero-order chi connectivity index (χ0) is 28.9. The molecule has 2 aliphatic heterocycles. The third-order valence-corrected chi connectivity index (χ3v) is 7.85. The molecule has 2 aliphatic rings. The first kappa shape index (κ1) is 29.3. The molecule has 3 heterocycles. The first-order chi connectivity index (χ1) is 19.0. The van der Waals surface area contributed by atoms with Crippen molar-refractivity contribution in [2.75, 3.05) is 43.0 Å². The molecular weight excluding hydrogens is 521 g/mol. The number of ketones is 1. The molecule has 0 aliphatic carbocycles. The van der Waals surface area contributed by atoms with E-state index in [-0.39, 0.29) is 29.2 Å². The van der Waals surface area contributed by atoms with E-state index in [2.05, 4.69) is 16.0 Å². The van der Waals surface area contributed by atoms with Crippen LogP contribution in [0, 0.1) is 17.2 Å². The minimum atomic E-state index is -4.71. The third-order valence-electron chi connectivity index (χ3n) is 7.85. The van der Waals surface area contributed by atoms with Crippen molar-refractivity contribution in [3.8, 4) is 6.07 Å². The summed E-state index contributed by atoms with van der Waals surface area (Å²) in [5.74, 6) is -0.582. The van der Waals surface area contributed by atoms with Gasteiger partial charge in [-0.3, -0.25) is 9.59 Å². The van der Waals surface area contributed by atoms with Crippen molar-refractivity contribution in [3.63, 3.8) is 0 Å². The standard InChI is InChI=1S/C29H35F3N6O2/c1-20(39)36(2)19-23-12-15-37(16-13-23)26-17-27(35-28(34-26)29(30,31)32)38-14-4-6-24(38)25(40)7-3-5-21-8-10-22(18-33)11-9-21/h8-11,17,23-24H,3-7,12-16,19H2,1-2H3/t24-/m0/s1. The molecule has 2 fully saturated rings. The third kappa shape index (κ3) is 7.29. The number of amides is 1. The van der Waals surface area contributed by atoms with Gasteiger partial charge in [-0.25, -0.2) is 9.97 Å². The maximum atomic E-state index is 13.8. The number of hydrogen-bond acceptors (Lipinski definition) is 7. The Hall–Kier alpha value is -3.68. The van der Waals surface area contributed by atoms with Crippen LogP contribution in [0.4, 0.5) is 24.8 Å². The van der Waals surface area contributed by atoms with Crippen LogP contribution in [0.5, 0.6) is 0 Å². The van der Waals surface area contributed by atoms with E-state index >= 15 is 0 Å². The topological polar surface area (TPSA) is 93.4 Å². The SMILES string of the molecule is CC(=O)N(C)CC1CCN(c2cc(N3CCC[C@H]3C(=O)CCCc3ccc(C#N)cc3)nc(C(F)(F)F)n2)CC1. The number of nitrogens with zero attached hydrogens (tertiary/aromatic N) is 6. The highest BCUT2D eigenvalue weighted by atomic mass is 19.4. The van der Waals surface area contributed by atoms with Gasteiger partial charge in [0, 0.05) is 52.6 Å². The van der Waals surface area contributed by atoms with Gasteiger partial charge in [-0.15, -0.1) is 0 Å². The highest BCUT2D eigenvalue weighted by molar-refractivity contribution is 5.87.